The molecule has 4 heteroatoms. The maximum absolute atomic E-state index is 6.31. The van der Waals surface area contributed by atoms with Crippen LogP contribution in [0.3, 0.4) is 0 Å². The first-order chi connectivity index (χ1) is 9.65. The topological polar surface area (TPSA) is 50.9 Å². The molecule has 1 heterocycles. The molecule has 0 aliphatic carbocycles. The fourth-order valence-corrected chi connectivity index (χ4v) is 2.68. The van der Waals surface area contributed by atoms with Gasteiger partial charge in [-0.05, 0) is 54.2 Å². The molecule has 1 aromatic heterocycles. The molecule has 3 nitrogen and oxygen atoms in total. The van der Waals surface area contributed by atoms with Crippen molar-refractivity contribution in [2.45, 2.75) is 32.7 Å². The monoisotopic (exact) mass is 289 g/mol. The highest BCUT2D eigenvalue weighted by atomic mass is 35.5. The van der Waals surface area contributed by atoms with Crippen LogP contribution in [0.25, 0.3) is 0 Å². The van der Waals surface area contributed by atoms with E-state index in [1.807, 2.05) is 25.3 Å². The third kappa shape index (κ3) is 3.37. The first-order valence-corrected chi connectivity index (χ1v) is 7.17. The van der Waals surface area contributed by atoms with Crippen molar-refractivity contribution in [1.29, 1.82) is 0 Å². The van der Waals surface area contributed by atoms with Gasteiger partial charge in [0.05, 0.1) is 6.04 Å². The van der Waals surface area contributed by atoms with E-state index in [9.17, 15) is 0 Å². The summed E-state index contributed by atoms with van der Waals surface area (Å²) in [7, 11) is 0. The van der Waals surface area contributed by atoms with Crippen molar-refractivity contribution in [3.05, 3.63) is 63.9 Å². The molecule has 1 atom stereocenters. The number of aryl methyl sites for hydroxylation is 2. The molecule has 0 amide bonds. The minimum atomic E-state index is 0.0353. The van der Waals surface area contributed by atoms with Crippen LogP contribution in [0.4, 0.5) is 0 Å². The van der Waals surface area contributed by atoms with Crippen LogP contribution < -0.4 is 11.3 Å². The number of benzene rings is 1. The zero-order chi connectivity index (χ0) is 14.5. The smallest absolute Gasteiger partial charge is 0.0504 e. The lowest BCUT2D eigenvalue weighted by Gasteiger charge is -2.20. The number of nitrogens with two attached hydrogens (primary N) is 1. The highest BCUT2D eigenvalue weighted by Gasteiger charge is 2.15. The third-order valence-corrected chi connectivity index (χ3v) is 3.88. The molecule has 1 aromatic carbocycles. The molecule has 2 aromatic rings. The second-order valence-corrected chi connectivity index (χ2v) is 5.35. The Bertz CT molecular complexity index is 584. The SMILES string of the molecule is CCc1cnccc1C(Cc1ccc(C)cc1Cl)NN. The van der Waals surface area contributed by atoms with Crippen molar-refractivity contribution in [2.75, 3.05) is 0 Å². The number of hydrogen-bond acceptors (Lipinski definition) is 3. The van der Waals surface area contributed by atoms with Crippen LogP contribution in [0.2, 0.25) is 5.02 Å². The average Bonchev–Trinajstić information content (AvgIpc) is 2.46. The quantitative estimate of drug-likeness (QED) is 0.655. The van der Waals surface area contributed by atoms with Gasteiger partial charge in [-0.1, -0.05) is 30.7 Å². The maximum Gasteiger partial charge on any atom is 0.0504 e. The number of nitrogens with one attached hydrogen (secondary N) is 1. The molecular formula is C16H20ClN3. The summed E-state index contributed by atoms with van der Waals surface area (Å²) < 4.78 is 0. The Hall–Kier alpha value is -1.42. The summed E-state index contributed by atoms with van der Waals surface area (Å²) in [5.41, 5.74) is 7.54. The standard InChI is InChI=1S/C16H20ClN3/c1-3-12-10-19-7-6-14(12)16(20-18)9-13-5-4-11(2)8-15(13)17/h4-8,10,16,20H,3,9,18H2,1-2H3. The van der Waals surface area contributed by atoms with Gasteiger partial charge in [-0.2, -0.15) is 0 Å². The van der Waals surface area contributed by atoms with Gasteiger partial charge < -0.3 is 0 Å². The van der Waals surface area contributed by atoms with Crippen molar-refractivity contribution >= 4 is 11.6 Å². The first-order valence-electron chi connectivity index (χ1n) is 6.79. The molecule has 106 valence electrons. The molecule has 3 N–H and O–H groups in total. The van der Waals surface area contributed by atoms with Crippen LogP contribution in [-0.4, -0.2) is 4.98 Å². The Labute approximate surface area is 125 Å². The predicted molar refractivity (Wildman–Crippen MR) is 83.6 cm³/mol. The van der Waals surface area contributed by atoms with E-state index in [-0.39, 0.29) is 6.04 Å². The van der Waals surface area contributed by atoms with Crippen molar-refractivity contribution in [2.24, 2.45) is 5.84 Å². The lowest BCUT2D eigenvalue weighted by molar-refractivity contribution is 0.547. The Morgan fingerprint density at radius 1 is 1.30 bits per heavy atom. The number of pyridine rings is 1. The number of halogens is 1. The van der Waals surface area contributed by atoms with Crippen LogP contribution in [0, 0.1) is 6.92 Å². The van der Waals surface area contributed by atoms with Crippen molar-refractivity contribution in [3.63, 3.8) is 0 Å². The van der Waals surface area contributed by atoms with Gasteiger partial charge in [0.2, 0.25) is 0 Å². The Balaban J connectivity index is 2.29. The highest BCUT2D eigenvalue weighted by Crippen LogP contribution is 2.25. The fraction of sp³-hybridized carbons (Fsp3) is 0.312. The Kier molecular flexibility index (Phi) is 5.12. The molecule has 0 spiro atoms. The molecule has 0 aliphatic heterocycles. The average molecular weight is 290 g/mol. The number of rotatable bonds is 5. The molecule has 0 bridgehead atoms. The van der Waals surface area contributed by atoms with Crippen LogP contribution in [0.1, 0.15) is 35.2 Å². The number of hydrazine groups is 1. The van der Waals surface area contributed by atoms with Gasteiger partial charge in [-0.15, -0.1) is 0 Å². The summed E-state index contributed by atoms with van der Waals surface area (Å²) in [6, 6.07) is 8.17. The van der Waals surface area contributed by atoms with E-state index in [4.69, 9.17) is 17.4 Å². The van der Waals surface area contributed by atoms with E-state index in [1.54, 1.807) is 6.20 Å². The lowest BCUT2D eigenvalue weighted by atomic mass is 9.95. The highest BCUT2D eigenvalue weighted by molar-refractivity contribution is 6.31. The van der Waals surface area contributed by atoms with E-state index < -0.39 is 0 Å². The predicted octanol–water partition coefficient (Wildman–Crippen LogP) is 3.35. The number of hydrogen-bond donors (Lipinski definition) is 2. The normalized spacial score (nSPS) is 12.4. The van der Waals surface area contributed by atoms with Gasteiger partial charge in [0.1, 0.15) is 0 Å². The molecule has 0 radical (unpaired) electrons. The van der Waals surface area contributed by atoms with Crippen LogP contribution in [0.15, 0.2) is 36.7 Å². The zero-order valence-corrected chi connectivity index (χ0v) is 12.6. The largest absolute Gasteiger partial charge is 0.271 e. The molecular weight excluding hydrogens is 270 g/mol. The number of aromatic nitrogens is 1. The Morgan fingerprint density at radius 3 is 2.75 bits per heavy atom. The van der Waals surface area contributed by atoms with E-state index in [0.29, 0.717) is 0 Å². The molecule has 1 unspecified atom stereocenters. The van der Waals surface area contributed by atoms with Gasteiger partial charge in [0.15, 0.2) is 0 Å². The summed E-state index contributed by atoms with van der Waals surface area (Å²) in [6.07, 6.45) is 5.39. The van der Waals surface area contributed by atoms with Crippen LogP contribution in [-0.2, 0) is 12.8 Å². The fourth-order valence-electron chi connectivity index (χ4n) is 2.37. The second kappa shape index (κ2) is 6.84. The summed E-state index contributed by atoms with van der Waals surface area (Å²) >= 11 is 6.31. The van der Waals surface area contributed by atoms with E-state index in [1.165, 1.54) is 11.1 Å². The number of nitrogens with zero attached hydrogens (tertiary/aromatic N) is 1. The summed E-state index contributed by atoms with van der Waals surface area (Å²) in [6.45, 7) is 4.15. The minimum Gasteiger partial charge on any atom is -0.271 e. The summed E-state index contributed by atoms with van der Waals surface area (Å²) in [5, 5.41) is 0.789. The first kappa shape index (κ1) is 15.0. The molecule has 0 fully saturated rings. The maximum atomic E-state index is 6.31. The van der Waals surface area contributed by atoms with Crippen LogP contribution in [0.5, 0.6) is 0 Å². The molecule has 0 saturated heterocycles. The molecule has 0 aliphatic rings. The minimum absolute atomic E-state index is 0.0353. The molecule has 2 rings (SSSR count). The summed E-state index contributed by atoms with van der Waals surface area (Å²) in [5.74, 6) is 5.74. The lowest BCUT2D eigenvalue weighted by Crippen LogP contribution is -2.30. The van der Waals surface area contributed by atoms with Crippen molar-refractivity contribution < 1.29 is 0 Å². The van der Waals surface area contributed by atoms with E-state index >= 15 is 0 Å². The van der Waals surface area contributed by atoms with Crippen LogP contribution >= 0.6 is 11.6 Å². The van der Waals surface area contributed by atoms with E-state index in [2.05, 4.69) is 29.5 Å². The van der Waals surface area contributed by atoms with E-state index in [0.717, 1.165) is 29.0 Å². The second-order valence-electron chi connectivity index (χ2n) is 4.95. The van der Waals surface area contributed by atoms with Gasteiger partial charge >= 0.3 is 0 Å². The van der Waals surface area contributed by atoms with Gasteiger partial charge in [-0.25, -0.2) is 0 Å². The van der Waals surface area contributed by atoms with Gasteiger partial charge in [0, 0.05) is 17.4 Å². The Morgan fingerprint density at radius 2 is 2.10 bits per heavy atom. The van der Waals surface area contributed by atoms with Gasteiger partial charge in [-0.3, -0.25) is 16.3 Å². The van der Waals surface area contributed by atoms with Gasteiger partial charge in [0.25, 0.3) is 0 Å². The molecule has 0 saturated carbocycles. The third-order valence-electron chi connectivity index (χ3n) is 3.53. The van der Waals surface area contributed by atoms with Crippen molar-refractivity contribution in [1.82, 2.24) is 10.4 Å². The molecule has 20 heavy (non-hydrogen) atoms. The zero-order valence-electron chi connectivity index (χ0n) is 11.9. The van der Waals surface area contributed by atoms with Crippen molar-refractivity contribution in [3.8, 4) is 0 Å². The summed E-state index contributed by atoms with van der Waals surface area (Å²) in [4.78, 5) is 4.17.